The molecule has 0 amide bonds. The summed E-state index contributed by atoms with van der Waals surface area (Å²) < 4.78 is 18.6. The summed E-state index contributed by atoms with van der Waals surface area (Å²) in [4.78, 5) is 15.1. The predicted octanol–water partition coefficient (Wildman–Crippen LogP) is 3.62. The average molecular weight is 467 g/mol. The largest absolute Gasteiger partial charge is 0.411 e. The third kappa shape index (κ3) is 5.27. The fourth-order valence-electron chi connectivity index (χ4n) is 3.60. The minimum atomic E-state index is -0.380. The number of likely N-dealkylation sites (tertiary alicyclic amines) is 1. The van der Waals surface area contributed by atoms with Crippen molar-refractivity contribution in [1.29, 1.82) is 0 Å². The van der Waals surface area contributed by atoms with Crippen LogP contribution in [0.2, 0.25) is 0 Å². The number of hydrogen-bond acceptors (Lipinski definition) is 7. The van der Waals surface area contributed by atoms with E-state index in [4.69, 9.17) is 4.63 Å². The number of rotatable bonds is 7. The molecule has 0 saturated carbocycles. The first-order chi connectivity index (χ1) is 13.9. The molecule has 156 valence electrons. The zero-order valence-corrected chi connectivity index (χ0v) is 18.0. The van der Waals surface area contributed by atoms with Crippen molar-refractivity contribution in [3.8, 4) is 0 Å². The highest BCUT2D eigenvalue weighted by Gasteiger charge is 2.28. The Bertz CT molecular complexity index is 892. The van der Waals surface area contributed by atoms with Crippen LogP contribution < -0.4 is 0 Å². The molecule has 9 heteroatoms. The van der Waals surface area contributed by atoms with E-state index in [1.165, 1.54) is 6.07 Å². The van der Waals surface area contributed by atoms with Crippen molar-refractivity contribution in [1.82, 2.24) is 15.2 Å². The van der Waals surface area contributed by atoms with Gasteiger partial charge in [0.1, 0.15) is 23.0 Å². The van der Waals surface area contributed by atoms with Gasteiger partial charge < -0.3 is 10.1 Å². The van der Waals surface area contributed by atoms with E-state index < -0.39 is 0 Å². The molecule has 2 heterocycles. The summed E-state index contributed by atoms with van der Waals surface area (Å²) in [7, 11) is 0. The van der Waals surface area contributed by atoms with Crippen LogP contribution in [0.25, 0.3) is 0 Å². The standard InChI is InChI=1S/C20H24BrFN4O3/c1-12(2)26-7-5-14(6-8-26)19(27)11-18-20(25-29-24-18)17(23-28)10-13-3-4-16(22)15(21)9-13/h3-4,9,12,14,28H,5-8,10-11H2,1-2H3/b23-17+. The van der Waals surface area contributed by atoms with Crippen LogP contribution in [0.15, 0.2) is 32.5 Å². The Morgan fingerprint density at radius 1 is 1.34 bits per heavy atom. The highest BCUT2D eigenvalue weighted by Crippen LogP contribution is 2.23. The minimum Gasteiger partial charge on any atom is -0.411 e. The van der Waals surface area contributed by atoms with E-state index in [2.05, 4.69) is 50.1 Å². The summed E-state index contributed by atoms with van der Waals surface area (Å²) in [5, 5.41) is 20.5. The summed E-state index contributed by atoms with van der Waals surface area (Å²) in [5.41, 5.74) is 1.53. The molecule has 0 atom stereocenters. The third-order valence-corrected chi connectivity index (χ3v) is 5.97. The van der Waals surface area contributed by atoms with Crippen molar-refractivity contribution in [3.63, 3.8) is 0 Å². The molecule has 0 spiro atoms. The van der Waals surface area contributed by atoms with Gasteiger partial charge in [0, 0.05) is 18.4 Å². The van der Waals surface area contributed by atoms with Crippen molar-refractivity contribution in [3.05, 3.63) is 45.4 Å². The Balaban J connectivity index is 1.68. The van der Waals surface area contributed by atoms with Crippen LogP contribution in [0, 0.1) is 11.7 Å². The summed E-state index contributed by atoms with van der Waals surface area (Å²) in [6, 6.07) is 4.99. The molecule has 1 aromatic heterocycles. The van der Waals surface area contributed by atoms with E-state index in [9.17, 15) is 14.4 Å². The molecule has 0 radical (unpaired) electrons. The molecule has 0 bridgehead atoms. The van der Waals surface area contributed by atoms with Crippen LogP contribution in [0.4, 0.5) is 4.39 Å². The van der Waals surface area contributed by atoms with Crippen LogP contribution in [0.5, 0.6) is 0 Å². The number of carbonyl (C=O) groups excluding carboxylic acids is 1. The molecule has 1 aliphatic heterocycles. The van der Waals surface area contributed by atoms with Gasteiger partial charge in [0.15, 0.2) is 5.69 Å². The van der Waals surface area contributed by atoms with Crippen LogP contribution in [-0.2, 0) is 17.6 Å². The number of halogens is 2. The lowest BCUT2D eigenvalue weighted by molar-refractivity contribution is -0.123. The maximum absolute atomic E-state index is 13.4. The summed E-state index contributed by atoms with van der Waals surface area (Å²) in [5.74, 6) is -0.307. The summed E-state index contributed by atoms with van der Waals surface area (Å²) >= 11 is 3.14. The highest BCUT2D eigenvalue weighted by molar-refractivity contribution is 9.10. The van der Waals surface area contributed by atoms with Gasteiger partial charge >= 0.3 is 0 Å². The second kappa shape index (κ2) is 9.58. The van der Waals surface area contributed by atoms with Gasteiger partial charge in [-0.2, -0.15) is 0 Å². The topological polar surface area (TPSA) is 91.8 Å². The molecule has 1 aliphatic rings. The van der Waals surface area contributed by atoms with E-state index >= 15 is 0 Å². The Morgan fingerprint density at radius 2 is 2.07 bits per heavy atom. The van der Waals surface area contributed by atoms with Crippen molar-refractivity contribution in [2.24, 2.45) is 11.1 Å². The van der Waals surface area contributed by atoms with Gasteiger partial charge in [0.25, 0.3) is 0 Å². The first-order valence-corrected chi connectivity index (χ1v) is 10.4. The zero-order chi connectivity index (χ0) is 21.0. The number of ketones is 1. The van der Waals surface area contributed by atoms with E-state index in [-0.39, 0.29) is 41.8 Å². The molecule has 1 aromatic carbocycles. The maximum atomic E-state index is 13.4. The molecule has 0 unspecified atom stereocenters. The Labute approximate surface area is 177 Å². The number of carbonyl (C=O) groups is 1. The smallest absolute Gasteiger partial charge is 0.156 e. The van der Waals surface area contributed by atoms with Crippen LogP contribution in [0.3, 0.4) is 0 Å². The average Bonchev–Trinajstić information content (AvgIpc) is 3.16. The fourth-order valence-corrected chi connectivity index (χ4v) is 4.02. The number of Topliss-reactive ketones (excluding diaryl/α,β-unsaturated/α-hetero) is 1. The van der Waals surface area contributed by atoms with E-state index in [0.29, 0.717) is 21.8 Å². The molecular weight excluding hydrogens is 443 g/mol. The van der Waals surface area contributed by atoms with Gasteiger partial charge in [-0.1, -0.05) is 16.4 Å². The Hall–Kier alpha value is -2.13. The monoisotopic (exact) mass is 466 g/mol. The molecule has 1 fully saturated rings. The molecule has 0 aliphatic carbocycles. The number of benzene rings is 1. The lowest BCUT2D eigenvalue weighted by atomic mass is 9.89. The van der Waals surface area contributed by atoms with Gasteiger partial charge in [-0.3, -0.25) is 4.79 Å². The molecule has 29 heavy (non-hydrogen) atoms. The number of hydrogen-bond donors (Lipinski definition) is 1. The van der Waals surface area contributed by atoms with Crippen molar-refractivity contribution in [2.75, 3.05) is 13.1 Å². The van der Waals surface area contributed by atoms with Crippen LogP contribution >= 0.6 is 15.9 Å². The second-order valence-electron chi connectivity index (χ2n) is 7.58. The molecule has 1 N–H and O–H groups in total. The van der Waals surface area contributed by atoms with Gasteiger partial charge in [0.2, 0.25) is 0 Å². The van der Waals surface area contributed by atoms with Crippen molar-refractivity contribution < 1.29 is 19.0 Å². The summed E-state index contributed by atoms with van der Waals surface area (Å²) in [6.45, 7) is 6.12. The normalized spacial score (nSPS) is 16.5. The molecule has 3 rings (SSSR count). The van der Waals surface area contributed by atoms with E-state index in [1.54, 1.807) is 12.1 Å². The molecule has 1 saturated heterocycles. The fraction of sp³-hybridized carbons (Fsp3) is 0.500. The quantitative estimate of drug-likeness (QED) is 0.380. The van der Waals surface area contributed by atoms with Gasteiger partial charge in [-0.05, 0) is 78.6 Å². The Morgan fingerprint density at radius 3 is 2.69 bits per heavy atom. The molecular formula is C20H24BrFN4O3. The van der Waals surface area contributed by atoms with E-state index in [1.807, 2.05) is 0 Å². The zero-order valence-electron chi connectivity index (χ0n) is 16.4. The number of piperidine rings is 1. The minimum absolute atomic E-state index is 0.0166. The second-order valence-corrected chi connectivity index (χ2v) is 8.43. The van der Waals surface area contributed by atoms with E-state index in [0.717, 1.165) is 25.9 Å². The van der Waals surface area contributed by atoms with Crippen LogP contribution in [0.1, 0.15) is 43.6 Å². The summed E-state index contributed by atoms with van der Waals surface area (Å²) in [6.07, 6.45) is 1.92. The van der Waals surface area contributed by atoms with Crippen molar-refractivity contribution >= 4 is 27.4 Å². The van der Waals surface area contributed by atoms with Gasteiger partial charge in [-0.15, -0.1) is 0 Å². The lowest BCUT2D eigenvalue weighted by Crippen LogP contribution is -2.40. The maximum Gasteiger partial charge on any atom is 0.156 e. The first-order valence-electron chi connectivity index (χ1n) is 9.62. The number of aromatic nitrogens is 2. The van der Waals surface area contributed by atoms with Gasteiger partial charge in [-0.25, -0.2) is 9.02 Å². The van der Waals surface area contributed by atoms with Crippen molar-refractivity contribution in [2.45, 2.75) is 45.6 Å². The van der Waals surface area contributed by atoms with Gasteiger partial charge in [0.05, 0.1) is 10.9 Å². The highest BCUT2D eigenvalue weighted by atomic mass is 79.9. The third-order valence-electron chi connectivity index (χ3n) is 5.36. The van der Waals surface area contributed by atoms with Crippen LogP contribution in [-0.4, -0.2) is 51.0 Å². The predicted molar refractivity (Wildman–Crippen MR) is 109 cm³/mol. The number of nitrogens with zero attached hydrogens (tertiary/aromatic N) is 4. The first kappa shape index (κ1) is 21.6. The Kier molecular flexibility index (Phi) is 7.13. The lowest BCUT2D eigenvalue weighted by Gasteiger charge is -2.33. The SMILES string of the molecule is CC(C)N1CCC(C(=O)Cc2nonc2/C(Cc2ccc(F)c(Br)c2)=N/O)CC1. The molecule has 7 nitrogen and oxygen atoms in total. The number of oxime groups is 1. The molecule has 2 aromatic rings.